The first-order valence-electron chi connectivity index (χ1n) is 10.9. The summed E-state index contributed by atoms with van der Waals surface area (Å²) in [5.41, 5.74) is 1.80. The number of alkyl halides is 3. The van der Waals surface area contributed by atoms with Crippen LogP contribution in [0.5, 0.6) is 5.75 Å². The maximum atomic E-state index is 13.6. The highest BCUT2D eigenvalue weighted by Crippen LogP contribution is 2.43. The summed E-state index contributed by atoms with van der Waals surface area (Å²) in [6.45, 7) is 2.50. The Balaban J connectivity index is 1.35. The predicted molar refractivity (Wildman–Crippen MR) is 124 cm³/mol. The molecule has 1 aliphatic heterocycles. The van der Waals surface area contributed by atoms with Crippen LogP contribution in [0.3, 0.4) is 0 Å². The molecular weight excluding hydrogens is 465 g/mol. The molecule has 34 heavy (non-hydrogen) atoms. The molecule has 180 valence electrons. The summed E-state index contributed by atoms with van der Waals surface area (Å²) >= 11 is 0.713. The molecule has 5 nitrogen and oxygen atoms in total. The Morgan fingerprint density at radius 2 is 1.85 bits per heavy atom. The third-order valence-electron chi connectivity index (χ3n) is 5.79. The van der Waals surface area contributed by atoms with Crippen LogP contribution in [-0.2, 0) is 29.0 Å². The Kier molecular flexibility index (Phi) is 7.55. The second-order valence-electron chi connectivity index (χ2n) is 8.34. The second kappa shape index (κ2) is 10.6. The van der Waals surface area contributed by atoms with E-state index in [1.54, 1.807) is 36.4 Å². The summed E-state index contributed by atoms with van der Waals surface area (Å²) < 4.78 is 46.5. The van der Waals surface area contributed by atoms with E-state index in [1.165, 1.54) is 0 Å². The average molecular weight is 491 g/mol. The molecule has 3 aromatic rings. The van der Waals surface area contributed by atoms with Crippen molar-refractivity contribution in [2.75, 3.05) is 13.1 Å². The molecule has 1 unspecified atom stereocenters. The predicted octanol–water partition coefficient (Wildman–Crippen LogP) is 5.64. The molecule has 2 aromatic carbocycles. The molecule has 1 aromatic heterocycles. The van der Waals surface area contributed by atoms with Crippen molar-refractivity contribution in [3.8, 4) is 16.9 Å². The monoisotopic (exact) mass is 490 g/mol. The molecule has 0 aliphatic carbocycles. The van der Waals surface area contributed by atoms with Gasteiger partial charge in [0, 0.05) is 23.5 Å². The number of ether oxygens (including phenoxy) is 1. The Bertz CT molecular complexity index is 1100. The van der Waals surface area contributed by atoms with Crippen LogP contribution in [0.25, 0.3) is 11.1 Å². The van der Waals surface area contributed by atoms with E-state index in [2.05, 4.69) is 9.74 Å². The molecule has 1 atom stereocenters. The van der Waals surface area contributed by atoms with Gasteiger partial charge in [0.15, 0.2) is 0 Å². The van der Waals surface area contributed by atoms with Crippen LogP contribution >= 0.6 is 11.3 Å². The zero-order valence-corrected chi connectivity index (χ0v) is 19.2. The van der Waals surface area contributed by atoms with E-state index in [4.69, 9.17) is 10.6 Å². The maximum Gasteiger partial charge on any atom is 0.426 e. The Labute approximate surface area is 199 Å². The van der Waals surface area contributed by atoms with Gasteiger partial charge in [-0.3, -0.25) is 9.69 Å². The summed E-state index contributed by atoms with van der Waals surface area (Å²) in [7, 11) is 0. The minimum Gasteiger partial charge on any atom is -0.488 e. The van der Waals surface area contributed by atoms with Gasteiger partial charge in [0.1, 0.15) is 17.2 Å². The molecule has 0 amide bonds. The molecule has 2 heterocycles. The third kappa shape index (κ3) is 6.16. The van der Waals surface area contributed by atoms with Gasteiger partial charge in [-0.15, -0.1) is 11.3 Å². The number of nitrogens with two attached hydrogens (primary N) is 1. The van der Waals surface area contributed by atoms with Crippen LogP contribution in [0.4, 0.5) is 13.2 Å². The van der Waals surface area contributed by atoms with Gasteiger partial charge in [0.25, 0.3) is 0 Å². The van der Waals surface area contributed by atoms with Crippen LogP contribution in [0.1, 0.15) is 28.2 Å². The SMILES string of the molecule is NOC(=O)CC1CCN(Cc2ccc(OCc3cc(-c4ccccc4)c(C(F)(F)F)s3)cc2)C1. The van der Waals surface area contributed by atoms with Crippen molar-refractivity contribution >= 4 is 17.3 Å². The number of thiophene rings is 1. The lowest BCUT2D eigenvalue weighted by Gasteiger charge is -2.16. The van der Waals surface area contributed by atoms with Crippen molar-refractivity contribution in [2.45, 2.75) is 32.2 Å². The lowest BCUT2D eigenvalue weighted by Crippen LogP contribution is -2.21. The fraction of sp³-hybridized carbons (Fsp3) is 0.320. The number of hydrogen-bond acceptors (Lipinski definition) is 6. The van der Waals surface area contributed by atoms with E-state index in [9.17, 15) is 18.0 Å². The first-order chi connectivity index (χ1) is 16.3. The van der Waals surface area contributed by atoms with Gasteiger partial charge in [0.05, 0.1) is 6.42 Å². The van der Waals surface area contributed by atoms with Crippen LogP contribution in [0.2, 0.25) is 0 Å². The largest absolute Gasteiger partial charge is 0.488 e. The van der Waals surface area contributed by atoms with Crippen molar-refractivity contribution in [1.29, 1.82) is 0 Å². The summed E-state index contributed by atoms with van der Waals surface area (Å²) in [5.74, 6) is 5.36. The van der Waals surface area contributed by atoms with Crippen LogP contribution in [-0.4, -0.2) is 24.0 Å². The van der Waals surface area contributed by atoms with E-state index in [0.717, 1.165) is 31.6 Å². The number of rotatable bonds is 8. The standard InChI is InChI=1S/C25H25F3N2O3S/c26-25(27,28)24-22(19-4-2-1-3-5-19)13-21(34-24)16-32-20-8-6-17(7-9-20)14-30-11-10-18(15-30)12-23(31)33-29/h1-9,13,18H,10-12,14-16,29H2. The fourth-order valence-corrected chi connectivity index (χ4v) is 5.13. The molecule has 0 radical (unpaired) electrons. The summed E-state index contributed by atoms with van der Waals surface area (Å²) in [6.07, 6.45) is -3.18. The minimum atomic E-state index is -4.42. The molecule has 0 bridgehead atoms. The van der Waals surface area contributed by atoms with Crippen molar-refractivity contribution in [1.82, 2.24) is 4.90 Å². The number of carbonyl (C=O) groups is 1. The highest BCUT2D eigenvalue weighted by molar-refractivity contribution is 7.12. The fourth-order valence-electron chi connectivity index (χ4n) is 4.17. The highest BCUT2D eigenvalue weighted by atomic mass is 32.1. The average Bonchev–Trinajstić information content (AvgIpc) is 3.46. The molecule has 0 saturated carbocycles. The minimum absolute atomic E-state index is 0.0605. The van der Waals surface area contributed by atoms with Gasteiger partial charge in [0.2, 0.25) is 0 Å². The Morgan fingerprint density at radius 3 is 2.53 bits per heavy atom. The summed E-state index contributed by atoms with van der Waals surface area (Å²) in [4.78, 5) is 17.8. The molecule has 2 N–H and O–H groups in total. The summed E-state index contributed by atoms with van der Waals surface area (Å²) in [6, 6.07) is 17.7. The van der Waals surface area contributed by atoms with Crippen molar-refractivity contribution in [3.63, 3.8) is 0 Å². The van der Waals surface area contributed by atoms with E-state index in [-0.39, 0.29) is 18.1 Å². The van der Waals surface area contributed by atoms with Gasteiger partial charge in [-0.05, 0) is 48.2 Å². The quantitative estimate of drug-likeness (QED) is 0.414. The van der Waals surface area contributed by atoms with Gasteiger partial charge in [-0.25, -0.2) is 0 Å². The molecular formula is C25H25F3N2O3S. The van der Waals surface area contributed by atoms with E-state index >= 15 is 0 Å². The molecule has 1 fully saturated rings. The normalized spacial score (nSPS) is 16.5. The van der Waals surface area contributed by atoms with Crippen molar-refractivity contribution in [3.05, 3.63) is 76.0 Å². The van der Waals surface area contributed by atoms with Crippen LogP contribution < -0.4 is 10.6 Å². The number of carbonyl (C=O) groups excluding carboxylic acids is 1. The number of hydrogen-bond donors (Lipinski definition) is 1. The smallest absolute Gasteiger partial charge is 0.426 e. The van der Waals surface area contributed by atoms with Gasteiger partial charge < -0.3 is 9.57 Å². The molecule has 4 rings (SSSR count). The Morgan fingerprint density at radius 1 is 1.12 bits per heavy atom. The van der Waals surface area contributed by atoms with Gasteiger partial charge in [-0.1, -0.05) is 42.5 Å². The maximum absolute atomic E-state index is 13.6. The lowest BCUT2D eigenvalue weighted by atomic mass is 10.1. The molecule has 9 heteroatoms. The van der Waals surface area contributed by atoms with Crippen molar-refractivity contribution < 1.29 is 27.5 Å². The second-order valence-corrected chi connectivity index (χ2v) is 9.47. The van der Waals surface area contributed by atoms with Crippen molar-refractivity contribution in [2.24, 2.45) is 11.8 Å². The third-order valence-corrected chi connectivity index (χ3v) is 6.95. The Hall–Kier alpha value is -2.88. The van der Waals surface area contributed by atoms with Crippen LogP contribution in [0.15, 0.2) is 60.7 Å². The number of halogens is 3. The lowest BCUT2D eigenvalue weighted by molar-refractivity contribution is -0.145. The zero-order valence-electron chi connectivity index (χ0n) is 18.4. The van der Waals surface area contributed by atoms with Gasteiger partial charge in [-0.2, -0.15) is 19.1 Å². The topological polar surface area (TPSA) is 64.8 Å². The van der Waals surface area contributed by atoms with Crippen LogP contribution in [0, 0.1) is 5.92 Å². The van der Waals surface area contributed by atoms with Gasteiger partial charge >= 0.3 is 12.1 Å². The molecule has 1 aliphatic rings. The highest BCUT2D eigenvalue weighted by Gasteiger charge is 2.36. The number of nitrogens with zero attached hydrogens (tertiary/aromatic N) is 1. The first-order valence-corrected chi connectivity index (χ1v) is 11.7. The summed E-state index contributed by atoms with van der Waals surface area (Å²) in [5, 5.41) is 0. The van der Waals surface area contributed by atoms with E-state index < -0.39 is 17.0 Å². The number of likely N-dealkylation sites (tertiary alicyclic amines) is 1. The van der Waals surface area contributed by atoms with E-state index in [1.807, 2.05) is 24.3 Å². The number of benzene rings is 2. The zero-order chi connectivity index (χ0) is 24.1. The molecule has 0 spiro atoms. The first kappa shape index (κ1) is 24.3. The van der Waals surface area contributed by atoms with E-state index in [0.29, 0.717) is 33.9 Å². The molecule has 1 saturated heterocycles.